The summed E-state index contributed by atoms with van der Waals surface area (Å²) in [5, 5.41) is 6.36. The van der Waals surface area contributed by atoms with E-state index in [-0.39, 0.29) is 5.92 Å². The van der Waals surface area contributed by atoms with Gasteiger partial charge >= 0.3 is 0 Å². The Balaban J connectivity index is 1.79. The second kappa shape index (κ2) is 4.24. The maximum Gasteiger partial charge on any atom is 0.166 e. The molecular weight excluding hydrogens is 212 g/mol. The third kappa shape index (κ3) is 1.93. The fraction of sp³-hybridized carbons (Fsp3) is 0.357. The second-order valence-electron chi connectivity index (χ2n) is 4.69. The quantitative estimate of drug-likeness (QED) is 0.811. The third-order valence-electron chi connectivity index (χ3n) is 3.58. The molecule has 0 bridgehead atoms. The van der Waals surface area contributed by atoms with E-state index in [0.29, 0.717) is 5.78 Å². The summed E-state index contributed by atoms with van der Waals surface area (Å²) in [5.41, 5.74) is 3.29. The van der Waals surface area contributed by atoms with Crippen molar-refractivity contribution in [1.82, 2.24) is 10.6 Å². The lowest BCUT2D eigenvalue weighted by atomic mass is 9.80. The Morgan fingerprint density at radius 2 is 2.18 bits per heavy atom. The molecule has 0 amide bonds. The van der Waals surface area contributed by atoms with Crippen molar-refractivity contribution >= 4 is 5.78 Å². The molecule has 1 aromatic carbocycles. The predicted octanol–water partition coefficient (Wildman–Crippen LogP) is 1.81. The predicted molar refractivity (Wildman–Crippen MR) is 66.4 cm³/mol. The summed E-state index contributed by atoms with van der Waals surface area (Å²) in [5.74, 6) is 0.449. The molecule has 2 N–H and O–H groups in total. The Bertz CT molecular complexity index is 479. The number of allylic oxidation sites excluding steroid dienone is 1. The minimum Gasteiger partial charge on any atom is -0.372 e. The van der Waals surface area contributed by atoms with Crippen LogP contribution < -0.4 is 10.6 Å². The number of Topliss-reactive ketones (excluding diaryl/α,β-unsaturated/α-hetero) is 1. The van der Waals surface area contributed by atoms with Gasteiger partial charge in [-0.15, -0.1) is 0 Å². The van der Waals surface area contributed by atoms with Gasteiger partial charge in [0.25, 0.3) is 0 Å². The van der Waals surface area contributed by atoms with Crippen LogP contribution >= 0.6 is 0 Å². The van der Waals surface area contributed by atoms with Gasteiger partial charge in [-0.2, -0.15) is 0 Å². The number of benzene rings is 1. The van der Waals surface area contributed by atoms with Crippen LogP contribution in [0.5, 0.6) is 0 Å². The molecule has 3 heteroatoms. The van der Waals surface area contributed by atoms with Gasteiger partial charge in [0.15, 0.2) is 5.78 Å². The van der Waals surface area contributed by atoms with Crippen LogP contribution in [0.1, 0.15) is 28.8 Å². The molecule has 1 atom stereocenters. The Hall–Kier alpha value is -1.77. The van der Waals surface area contributed by atoms with Gasteiger partial charge in [0.05, 0.1) is 6.67 Å². The number of nitrogens with one attached hydrogen (secondary N) is 2. The van der Waals surface area contributed by atoms with Gasteiger partial charge in [0.2, 0.25) is 0 Å². The van der Waals surface area contributed by atoms with Crippen molar-refractivity contribution in [2.45, 2.75) is 19.3 Å². The highest BCUT2D eigenvalue weighted by atomic mass is 16.1. The number of rotatable bonds is 2. The number of hydrogen-bond acceptors (Lipinski definition) is 3. The topological polar surface area (TPSA) is 41.1 Å². The standard InChI is InChI=1S/C14H16N2O/c17-14-11(7-12-8-15-9-16-12)6-5-10-3-1-2-4-13(10)14/h1-4,8,11,15-16H,5-7,9H2. The molecule has 1 aromatic rings. The van der Waals surface area contributed by atoms with Gasteiger partial charge in [0, 0.05) is 23.4 Å². The minimum atomic E-state index is 0.142. The Kier molecular flexibility index (Phi) is 2.59. The number of carbonyl (C=O) groups excluding carboxylic acids is 1. The monoisotopic (exact) mass is 228 g/mol. The van der Waals surface area contributed by atoms with Gasteiger partial charge in [-0.25, -0.2) is 0 Å². The van der Waals surface area contributed by atoms with Crippen LogP contribution in [-0.2, 0) is 6.42 Å². The first-order valence-corrected chi connectivity index (χ1v) is 6.13. The SMILES string of the molecule is O=C1c2ccccc2CCC1CC1=CNCN1. The van der Waals surface area contributed by atoms with Crippen LogP contribution in [0, 0.1) is 5.92 Å². The first-order valence-electron chi connectivity index (χ1n) is 6.13. The first kappa shape index (κ1) is 10.4. The van der Waals surface area contributed by atoms with Gasteiger partial charge < -0.3 is 10.6 Å². The van der Waals surface area contributed by atoms with E-state index in [0.717, 1.165) is 37.2 Å². The largest absolute Gasteiger partial charge is 0.372 e. The van der Waals surface area contributed by atoms with Gasteiger partial charge in [-0.3, -0.25) is 4.79 Å². The lowest BCUT2D eigenvalue weighted by molar-refractivity contribution is 0.0900. The average Bonchev–Trinajstić information content (AvgIpc) is 2.86. The molecule has 0 radical (unpaired) electrons. The zero-order chi connectivity index (χ0) is 11.7. The smallest absolute Gasteiger partial charge is 0.166 e. The first-order chi connectivity index (χ1) is 8.34. The van der Waals surface area contributed by atoms with Crippen LogP contribution in [0.15, 0.2) is 36.2 Å². The Morgan fingerprint density at radius 1 is 1.29 bits per heavy atom. The van der Waals surface area contributed by atoms with Gasteiger partial charge in [-0.1, -0.05) is 24.3 Å². The average molecular weight is 228 g/mol. The molecule has 3 rings (SSSR count). The number of fused-ring (bicyclic) bond motifs is 1. The van der Waals surface area contributed by atoms with Crippen LogP contribution in [-0.4, -0.2) is 12.5 Å². The van der Waals surface area contributed by atoms with Crippen molar-refractivity contribution in [2.24, 2.45) is 5.92 Å². The zero-order valence-corrected chi connectivity index (χ0v) is 9.70. The van der Waals surface area contributed by atoms with Gasteiger partial charge in [-0.05, 0) is 24.8 Å². The minimum absolute atomic E-state index is 0.142. The summed E-state index contributed by atoms with van der Waals surface area (Å²) in [6.45, 7) is 0.785. The van der Waals surface area contributed by atoms with Crippen LogP contribution in [0.4, 0.5) is 0 Å². The maximum absolute atomic E-state index is 12.3. The highest BCUT2D eigenvalue weighted by Gasteiger charge is 2.27. The molecule has 0 spiro atoms. The van der Waals surface area contributed by atoms with E-state index in [1.807, 2.05) is 24.4 Å². The molecule has 0 saturated carbocycles. The summed E-state index contributed by atoms with van der Waals surface area (Å²) in [4.78, 5) is 12.3. The molecule has 88 valence electrons. The van der Waals surface area contributed by atoms with E-state index < -0.39 is 0 Å². The van der Waals surface area contributed by atoms with Crippen molar-refractivity contribution in [3.63, 3.8) is 0 Å². The number of ketones is 1. The second-order valence-corrected chi connectivity index (χ2v) is 4.69. The van der Waals surface area contributed by atoms with E-state index in [1.165, 1.54) is 5.56 Å². The lowest BCUT2D eigenvalue weighted by Gasteiger charge is -2.23. The molecule has 2 aliphatic rings. The molecule has 1 unspecified atom stereocenters. The molecule has 3 nitrogen and oxygen atoms in total. The van der Waals surface area contributed by atoms with Crippen molar-refractivity contribution in [2.75, 3.05) is 6.67 Å². The number of hydrogen-bond donors (Lipinski definition) is 2. The fourth-order valence-electron chi connectivity index (χ4n) is 2.64. The highest BCUT2D eigenvalue weighted by Crippen LogP contribution is 2.29. The maximum atomic E-state index is 12.3. The number of carbonyl (C=O) groups is 1. The molecule has 0 aromatic heterocycles. The summed E-state index contributed by atoms with van der Waals surface area (Å²) in [6.07, 6.45) is 4.80. The van der Waals surface area contributed by atoms with Crippen LogP contribution in [0.3, 0.4) is 0 Å². The normalized spacial score (nSPS) is 22.5. The molecule has 1 aliphatic heterocycles. The molecule has 1 heterocycles. The molecule has 17 heavy (non-hydrogen) atoms. The Labute approximate surface area is 101 Å². The van der Waals surface area contributed by atoms with Crippen molar-refractivity contribution in [1.29, 1.82) is 0 Å². The van der Waals surface area contributed by atoms with Crippen LogP contribution in [0.2, 0.25) is 0 Å². The van der Waals surface area contributed by atoms with E-state index in [9.17, 15) is 4.79 Å². The fourth-order valence-corrected chi connectivity index (χ4v) is 2.64. The zero-order valence-electron chi connectivity index (χ0n) is 9.70. The van der Waals surface area contributed by atoms with Crippen molar-refractivity contribution < 1.29 is 4.79 Å². The van der Waals surface area contributed by atoms with Crippen LogP contribution in [0.25, 0.3) is 0 Å². The summed E-state index contributed by atoms with van der Waals surface area (Å²) >= 11 is 0. The lowest BCUT2D eigenvalue weighted by Crippen LogP contribution is -2.25. The summed E-state index contributed by atoms with van der Waals surface area (Å²) in [7, 11) is 0. The van der Waals surface area contributed by atoms with E-state index in [1.54, 1.807) is 0 Å². The van der Waals surface area contributed by atoms with Crippen molar-refractivity contribution in [3.8, 4) is 0 Å². The molecule has 0 fully saturated rings. The summed E-state index contributed by atoms with van der Waals surface area (Å²) in [6, 6.07) is 7.99. The Morgan fingerprint density at radius 3 is 3.00 bits per heavy atom. The van der Waals surface area contributed by atoms with E-state index in [4.69, 9.17) is 0 Å². The molecular formula is C14H16N2O. The highest BCUT2D eigenvalue weighted by molar-refractivity contribution is 6.00. The number of aryl methyl sites for hydroxylation is 1. The van der Waals surface area contributed by atoms with Crippen molar-refractivity contribution in [3.05, 3.63) is 47.3 Å². The van der Waals surface area contributed by atoms with E-state index in [2.05, 4.69) is 16.7 Å². The molecule has 0 saturated heterocycles. The van der Waals surface area contributed by atoms with E-state index >= 15 is 0 Å². The van der Waals surface area contributed by atoms with Gasteiger partial charge in [0.1, 0.15) is 0 Å². The summed E-state index contributed by atoms with van der Waals surface area (Å²) < 4.78 is 0. The third-order valence-corrected chi connectivity index (χ3v) is 3.58. The molecule has 1 aliphatic carbocycles.